The predicted molar refractivity (Wildman–Crippen MR) is 127 cm³/mol. The lowest BCUT2D eigenvalue weighted by Crippen LogP contribution is -2.58. The zero-order valence-electron chi connectivity index (χ0n) is 19.1. The Morgan fingerprint density at radius 2 is 1.97 bits per heavy atom. The lowest BCUT2D eigenvalue weighted by molar-refractivity contribution is -0.120. The van der Waals surface area contributed by atoms with E-state index in [2.05, 4.69) is 43.8 Å². The molecule has 0 fully saturated rings. The van der Waals surface area contributed by atoms with Gasteiger partial charge in [0.1, 0.15) is 0 Å². The monoisotopic (exact) mass is 463 g/mol. The fraction of sp³-hybridized carbons (Fsp3) is 0.375. The first-order chi connectivity index (χ1) is 15.8. The second-order valence-corrected chi connectivity index (χ2v) is 9.61. The smallest absolute Gasteiger partial charge is 0.250 e. The highest BCUT2D eigenvalue weighted by atomic mass is 35.5. The van der Waals surface area contributed by atoms with Crippen LogP contribution in [0.3, 0.4) is 0 Å². The van der Waals surface area contributed by atoms with Crippen molar-refractivity contribution in [3.8, 4) is 0 Å². The first-order valence-electron chi connectivity index (χ1n) is 11.0. The average Bonchev–Trinajstić information content (AvgIpc) is 3.17. The highest BCUT2D eigenvalue weighted by Crippen LogP contribution is 2.53. The molecule has 170 valence electrons. The lowest BCUT2D eigenvalue weighted by atomic mass is 9.62. The van der Waals surface area contributed by atoms with Crippen molar-refractivity contribution in [2.75, 3.05) is 11.9 Å². The summed E-state index contributed by atoms with van der Waals surface area (Å²) in [6.07, 6.45) is 4.33. The van der Waals surface area contributed by atoms with Crippen LogP contribution >= 0.6 is 11.6 Å². The molecule has 0 bridgehead atoms. The molecule has 1 aromatic carbocycles. The summed E-state index contributed by atoms with van der Waals surface area (Å²) in [5.41, 5.74) is 3.14. The normalized spacial score (nSPS) is 25.4. The Kier molecular flexibility index (Phi) is 5.01. The van der Waals surface area contributed by atoms with E-state index in [0.717, 1.165) is 22.5 Å². The van der Waals surface area contributed by atoms with Crippen molar-refractivity contribution in [1.82, 2.24) is 20.6 Å². The second kappa shape index (κ2) is 7.66. The van der Waals surface area contributed by atoms with Crippen LogP contribution < -0.4 is 15.5 Å². The summed E-state index contributed by atoms with van der Waals surface area (Å²) >= 11 is 6.63. The van der Waals surface area contributed by atoms with Gasteiger partial charge in [0, 0.05) is 48.4 Å². The van der Waals surface area contributed by atoms with Crippen molar-refractivity contribution in [3.05, 3.63) is 70.3 Å². The highest BCUT2D eigenvalue weighted by Gasteiger charge is 2.54. The molecule has 0 radical (unpaired) electrons. The van der Waals surface area contributed by atoms with Gasteiger partial charge in [-0.25, -0.2) is 9.97 Å². The van der Waals surface area contributed by atoms with Crippen LogP contribution in [-0.4, -0.2) is 34.6 Å². The van der Waals surface area contributed by atoms with Crippen LogP contribution in [0.5, 0.6) is 0 Å². The molecule has 33 heavy (non-hydrogen) atoms. The van der Waals surface area contributed by atoms with Gasteiger partial charge in [-0.05, 0) is 44.0 Å². The highest BCUT2D eigenvalue weighted by molar-refractivity contribution is 6.30. The van der Waals surface area contributed by atoms with E-state index in [4.69, 9.17) is 11.6 Å². The summed E-state index contributed by atoms with van der Waals surface area (Å²) in [5.74, 6) is 0.492. The van der Waals surface area contributed by atoms with E-state index in [-0.39, 0.29) is 11.4 Å². The van der Waals surface area contributed by atoms with Gasteiger partial charge in [0.05, 0.1) is 11.0 Å². The maximum Gasteiger partial charge on any atom is 0.250 e. The third-order valence-corrected chi connectivity index (χ3v) is 6.94. The van der Waals surface area contributed by atoms with E-state index in [1.807, 2.05) is 44.0 Å². The van der Waals surface area contributed by atoms with Gasteiger partial charge in [-0.1, -0.05) is 30.7 Å². The number of azo groups is 1. The zero-order chi connectivity index (χ0) is 23.4. The first kappa shape index (κ1) is 21.6. The van der Waals surface area contributed by atoms with Crippen LogP contribution in [0.4, 0.5) is 11.6 Å². The molecule has 0 saturated heterocycles. The molecule has 3 aliphatic rings. The Morgan fingerprint density at radius 3 is 2.70 bits per heavy atom. The number of aromatic nitrogens is 2. The molecule has 2 aromatic rings. The summed E-state index contributed by atoms with van der Waals surface area (Å²) < 4.78 is 0. The van der Waals surface area contributed by atoms with Crippen molar-refractivity contribution in [1.29, 1.82) is 0 Å². The molecule has 0 spiro atoms. The number of carbonyl (C=O) groups is 1. The molecule has 0 aliphatic carbocycles. The van der Waals surface area contributed by atoms with Gasteiger partial charge in [-0.3, -0.25) is 4.79 Å². The number of halogens is 1. The largest absolute Gasteiger partial charge is 0.362 e. The Morgan fingerprint density at radius 1 is 1.21 bits per heavy atom. The van der Waals surface area contributed by atoms with Crippen LogP contribution in [0, 0.1) is 0 Å². The summed E-state index contributed by atoms with van der Waals surface area (Å²) in [6, 6.07) is 9.90. The molecule has 1 unspecified atom stereocenters. The summed E-state index contributed by atoms with van der Waals surface area (Å²) in [5, 5.41) is 15.5. The van der Waals surface area contributed by atoms with Crippen LogP contribution in [0.1, 0.15) is 39.2 Å². The number of hydrogen-bond donors (Lipinski definition) is 2. The quantitative estimate of drug-likeness (QED) is 0.659. The number of amides is 1. The van der Waals surface area contributed by atoms with E-state index < -0.39 is 11.6 Å². The molecule has 5 rings (SSSR count). The molecule has 4 heterocycles. The standard InChI is InChI=1S/C24H26ClN7O/c1-5-24(14-8-6-9-15(12-14)32(4)22-26-10-7-11-27-22)17-16(13-23(2,3)29-21(17)33)28-20-18(24)19(25)30-31-20/h6-12,20,28H,5,13H2,1-4H3,(H,29,33)/t20?,24-/m0/s1. The van der Waals surface area contributed by atoms with Gasteiger partial charge in [0.2, 0.25) is 5.95 Å². The molecule has 2 N–H and O–H groups in total. The van der Waals surface area contributed by atoms with Crippen LogP contribution in [0.2, 0.25) is 0 Å². The molecule has 8 nitrogen and oxygen atoms in total. The number of rotatable bonds is 4. The van der Waals surface area contributed by atoms with Gasteiger partial charge in [-0.15, -0.1) is 5.11 Å². The minimum absolute atomic E-state index is 0.0944. The van der Waals surface area contributed by atoms with Gasteiger partial charge < -0.3 is 15.5 Å². The Labute approximate surface area is 197 Å². The summed E-state index contributed by atoms with van der Waals surface area (Å²) in [6.45, 7) is 6.12. The third-order valence-electron chi connectivity index (χ3n) is 6.66. The van der Waals surface area contributed by atoms with E-state index >= 15 is 0 Å². The maximum absolute atomic E-state index is 13.6. The van der Waals surface area contributed by atoms with E-state index in [9.17, 15) is 4.79 Å². The SMILES string of the molecule is CC[C@]1(c2cccc(N(C)c3ncccn3)c2)C2=C(CC(C)(C)NC2=O)NC2N=NC(Cl)=C21. The van der Waals surface area contributed by atoms with Crippen molar-refractivity contribution in [3.63, 3.8) is 0 Å². The van der Waals surface area contributed by atoms with Crippen molar-refractivity contribution < 1.29 is 4.79 Å². The van der Waals surface area contributed by atoms with Crippen molar-refractivity contribution in [2.24, 2.45) is 10.2 Å². The minimum Gasteiger partial charge on any atom is -0.362 e. The lowest BCUT2D eigenvalue weighted by Gasteiger charge is -2.48. The number of carbonyl (C=O) groups excluding carboxylic acids is 1. The Balaban J connectivity index is 1.72. The molecular formula is C24H26ClN7O. The number of hydrogen-bond acceptors (Lipinski definition) is 7. The van der Waals surface area contributed by atoms with Gasteiger partial charge >= 0.3 is 0 Å². The first-order valence-corrected chi connectivity index (χ1v) is 11.4. The fourth-order valence-electron chi connectivity index (χ4n) is 5.23. The van der Waals surface area contributed by atoms with Gasteiger partial charge in [0.25, 0.3) is 5.91 Å². The zero-order valence-corrected chi connectivity index (χ0v) is 19.8. The molecule has 0 saturated carbocycles. The van der Waals surface area contributed by atoms with E-state index in [0.29, 0.717) is 29.5 Å². The molecule has 1 amide bonds. The number of benzene rings is 1. The van der Waals surface area contributed by atoms with Crippen molar-refractivity contribution in [2.45, 2.75) is 50.7 Å². The predicted octanol–water partition coefficient (Wildman–Crippen LogP) is 4.29. The molecular weight excluding hydrogens is 438 g/mol. The topological polar surface area (TPSA) is 94.9 Å². The molecule has 3 aliphatic heterocycles. The van der Waals surface area contributed by atoms with E-state index in [1.165, 1.54) is 0 Å². The number of nitrogens with zero attached hydrogens (tertiary/aromatic N) is 5. The number of fused-ring (bicyclic) bond motifs is 1. The number of anilines is 2. The molecule has 9 heteroatoms. The van der Waals surface area contributed by atoms with E-state index in [1.54, 1.807) is 18.5 Å². The fourth-order valence-corrected chi connectivity index (χ4v) is 5.54. The molecule has 1 aromatic heterocycles. The van der Waals surface area contributed by atoms with Crippen LogP contribution in [-0.2, 0) is 10.2 Å². The van der Waals surface area contributed by atoms with Crippen LogP contribution in [0.15, 0.2) is 75.0 Å². The molecule has 2 atom stereocenters. The van der Waals surface area contributed by atoms with Gasteiger partial charge in [-0.2, -0.15) is 5.11 Å². The second-order valence-electron chi connectivity index (χ2n) is 9.25. The average molecular weight is 464 g/mol. The van der Waals surface area contributed by atoms with Crippen molar-refractivity contribution >= 4 is 29.1 Å². The summed E-state index contributed by atoms with van der Waals surface area (Å²) in [7, 11) is 1.92. The van der Waals surface area contributed by atoms with Crippen LogP contribution in [0.25, 0.3) is 0 Å². The Bertz CT molecular complexity index is 1220. The summed E-state index contributed by atoms with van der Waals surface area (Å²) in [4.78, 5) is 24.2. The Hall–Kier alpha value is -3.26. The number of nitrogens with one attached hydrogen (secondary N) is 2. The minimum atomic E-state index is -0.763. The third kappa shape index (κ3) is 3.31. The maximum atomic E-state index is 13.6. The van der Waals surface area contributed by atoms with Gasteiger partial charge in [0.15, 0.2) is 11.3 Å².